The van der Waals surface area contributed by atoms with Crippen LogP contribution in [0.25, 0.3) is 0 Å². The molecule has 3 N–H and O–H groups in total. The maximum atomic E-state index is 9.63. The Kier molecular flexibility index (Phi) is 4.91. The summed E-state index contributed by atoms with van der Waals surface area (Å²) >= 11 is 5.10. The van der Waals surface area contributed by atoms with E-state index >= 15 is 0 Å². The molecule has 4 heteroatoms. The van der Waals surface area contributed by atoms with Crippen LogP contribution in [0.15, 0.2) is 30.3 Å². The summed E-state index contributed by atoms with van der Waals surface area (Å²) in [5.74, 6) is 0.516. The van der Waals surface area contributed by atoms with Crippen LogP contribution >= 0.6 is 12.2 Å². The quantitative estimate of drug-likeness (QED) is 0.810. The van der Waals surface area contributed by atoms with Crippen LogP contribution in [-0.2, 0) is 0 Å². The molecule has 3 atom stereocenters. The second-order valence-corrected chi connectivity index (χ2v) is 5.88. The SMILES string of the molecule is CC1CCN(C(CC(N)=S)c2ccccc2)C1CO. The van der Waals surface area contributed by atoms with Crippen molar-refractivity contribution in [3.63, 3.8) is 0 Å². The molecule has 0 radical (unpaired) electrons. The van der Waals surface area contributed by atoms with Crippen LogP contribution in [0.2, 0.25) is 0 Å². The lowest BCUT2D eigenvalue weighted by atomic mass is 9.99. The minimum Gasteiger partial charge on any atom is -0.395 e. The molecular formula is C15H22N2OS. The van der Waals surface area contributed by atoms with Gasteiger partial charge in [-0.2, -0.15) is 0 Å². The first-order valence-corrected chi connectivity index (χ1v) is 7.24. The normalized spacial score (nSPS) is 25.4. The van der Waals surface area contributed by atoms with Gasteiger partial charge in [-0.1, -0.05) is 49.5 Å². The highest BCUT2D eigenvalue weighted by Gasteiger charge is 2.35. The third-order valence-corrected chi connectivity index (χ3v) is 4.26. The second-order valence-electron chi connectivity index (χ2n) is 5.35. The first kappa shape index (κ1) is 14.4. The minimum absolute atomic E-state index is 0.181. The van der Waals surface area contributed by atoms with Crippen molar-refractivity contribution in [3.8, 4) is 0 Å². The first-order valence-electron chi connectivity index (χ1n) is 6.83. The molecule has 3 nitrogen and oxygen atoms in total. The number of benzene rings is 1. The fourth-order valence-corrected chi connectivity index (χ4v) is 3.16. The van der Waals surface area contributed by atoms with Crippen LogP contribution in [0.3, 0.4) is 0 Å². The zero-order valence-corrected chi connectivity index (χ0v) is 12.1. The van der Waals surface area contributed by atoms with Gasteiger partial charge >= 0.3 is 0 Å². The van der Waals surface area contributed by atoms with Crippen LogP contribution in [0, 0.1) is 5.92 Å². The molecule has 1 aromatic rings. The monoisotopic (exact) mass is 278 g/mol. The molecule has 0 saturated carbocycles. The van der Waals surface area contributed by atoms with Gasteiger partial charge in [-0.15, -0.1) is 0 Å². The van der Waals surface area contributed by atoms with Gasteiger partial charge in [-0.05, 0) is 24.4 Å². The molecule has 1 aliphatic rings. The second kappa shape index (κ2) is 6.46. The third kappa shape index (κ3) is 3.32. The number of nitrogens with two attached hydrogens (primary N) is 1. The average molecular weight is 278 g/mol. The van der Waals surface area contributed by atoms with E-state index in [2.05, 4.69) is 24.0 Å². The Morgan fingerprint density at radius 2 is 2.16 bits per heavy atom. The van der Waals surface area contributed by atoms with E-state index in [4.69, 9.17) is 18.0 Å². The number of nitrogens with zero attached hydrogens (tertiary/aromatic N) is 1. The van der Waals surface area contributed by atoms with Crippen molar-refractivity contribution in [2.75, 3.05) is 13.2 Å². The zero-order chi connectivity index (χ0) is 13.8. The summed E-state index contributed by atoms with van der Waals surface area (Å²) in [6.07, 6.45) is 1.79. The van der Waals surface area contributed by atoms with E-state index in [0.29, 0.717) is 17.3 Å². The van der Waals surface area contributed by atoms with Gasteiger partial charge in [-0.3, -0.25) is 4.90 Å². The lowest BCUT2D eigenvalue weighted by Crippen LogP contribution is -2.39. The molecule has 0 spiro atoms. The van der Waals surface area contributed by atoms with Crippen LogP contribution in [0.5, 0.6) is 0 Å². The molecule has 0 amide bonds. The largest absolute Gasteiger partial charge is 0.395 e. The average Bonchev–Trinajstić information content (AvgIpc) is 2.77. The van der Waals surface area contributed by atoms with Crippen LogP contribution < -0.4 is 5.73 Å². The maximum Gasteiger partial charge on any atom is 0.0746 e. The Labute approximate surface area is 120 Å². The van der Waals surface area contributed by atoms with Crippen molar-refractivity contribution in [1.82, 2.24) is 4.90 Å². The van der Waals surface area contributed by atoms with Crippen LogP contribution in [0.4, 0.5) is 0 Å². The predicted octanol–water partition coefficient (Wildman–Crippen LogP) is 2.11. The maximum absolute atomic E-state index is 9.63. The standard InChI is InChI=1S/C15H22N2OS/c1-11-7-8-17(14(11)10-18)13(9-15(16)19)12-5-3-2-4-6-12/h2-6,11,13-14,18H,7-10H2,1H3,(H2,16,19). The summed E-state index contributed by atoms with van der Waals surface area (Å²) in [5.41, 5.74) is 6.99. The fraction of sp³-hybridized carbons (Fsp3) is 0.533. The summed E-state index contributed by atoms with van der Waals surface area (Å²) in [4.78, 5) is 2.89. The van der Waals surface area contributed by atoms with Gasteiger partial charge in [0.05, 0.1) is 11.6 Å². The first-order chi connectivity index (χ1) is 9.13. The van der Waals surface area contributed by atoms with Crippen molar-refractivity contribution in [3.05, 3.63) is 35.9 Å². The molecule has 0 aromatic heterocycles. The summed E-state index contributed by atoms with van der Waals surface area (Å²) in [5, 5.41) is 9.63. The van der Waals surface area contributed by atoms with Gasteiger partial charge in [0.1, 0.15) is 0 Å². The molecule has 2 rings (SSSR count). The number of hydrogen-bond donors (Lipinski definition) is 2. The number of aliphatic hydroxyl groups is 1. The zero-order valence-electron chi connectivity index (χ0n) is 11.3. The molecule has 0 aliphatic carbocycles. The van der Waals surface area contributed by atoms with Crippen LogP contribution in [-0.4, -0.2) is 34.2 Å². The molecule has 1 aliphatic heterocycles. The van der Waals surface area contributed by atoms with E-state index in [1.165, 1.54) is 5.56 Å². The Balaban J connectivity index is 2.25. The predicted molar refractivity (Wildman–Crippen MR) is 81.9 cm³/mol. The summed E-state index contributed by atoms with van der Waals surface area (Å²) in [6, 6.07) is 10.7. The number of likely N-dealkylation sites (tertiary alicyclic amines) is 1. The topological polar surface area (TPSA) is 49.5 Å². The van der Waals surface area contributed by atoms with Gasteiger partial charge in [0.2, 0.25) is 0 Å². The van der Waals surface area contributed by atoms with Crippen molar-refractivity contribution in [2.45, 2.75) is 31.8 Å². The van der Waals surface area contributed by atoms with Crippen molar-refractivity contribution < 1.29 is 5.11 Å². The summed E-state index contributed by atoms with van der Waals surface area (Å²) in [7, 11) is 0. The Morgan fingerprint density at radius 1 is 1.47 bits per heavy atom. The van der Waals surface area contributed by atoms with E-state index < -0.39 is 0 Å². The van der Waals surface area contributed by atoms with Crippen molar-refractivity contribution >= 4 is 17.2 Å². The van der Waals surface area contributed by atoms with Gasteiger partial charge < -0.3 is 10.8 Å². The molecule has 3 unspecified atom stereocenters. The van der Waals surface area contributed by atoms with Gasteiger partial charge in [0.25, 0.3) is 0 Å². The Hall–Kier alpha value is -0.970. The Morgan fingerprint density at radius 3 is 2.74 bits per heavy atom. The molecule has 19 heavy (non-hydrogen) atoms. The van der Waals surface area contributed by atoms with Crippen LogP contribution in [0.1, 0.15) is 31.4 Å². The van der Waals surface area contributed by atoms with E-state index in [9.17, 15) is 5.11 Å². The number of hydrogen-bond acceptors (Lipinski definition) is 3. The number of rotatable bonds is 5. The third-order valence-electron chi connectivity index (χ3n) is 4.09. The lowest BCUT2D eigenvalue weighted by molar-refractivity contribution is 0.105. The molecule has 0 bridgehead atoms. The molecule has 1 aromatic carbocycles. The Bertz CT molecular complexity index is 423. The lowest BCUT2D eigenvalue weighted by Gasteiger charge is -2.33. The van der Waals surface area contributed by atoms with E-state index in [0.717, 1.165) is 13.0 Å². The highest BCUT2D eigenvalue weighted by molar-refractivity contribution is 7.80. The van der Waals surface area contributed by atoms with Gasteiger partial charge in [-0.25, -0.2) is 0 Å². The smallest absolute Gasteiger partial charge is 0.0746 e. The van der Waals surface area contributed by atoms with E-state index in [1.807, 2.05) is 18.2 Å². The highest BCUT2D eigenvalue weighted by atomic mass is 32.1. The number of thiocarbonyl (C=S) groups is 1. The molecular weight excluding hydrogens is 256 g/mol. The molecule has 104 valence electrons. The molecule has 1 fully saturated rings. The van der Waals surface area contributed by atoms with Crippen molar-refractivity contribution in [1.29, 1.82) is 0 Å². The number of aliphatic hydroxyl groups excluding tert-OH is 1. The molecule has 1 saturated heterocycles. The van der Waals surface area contributed by atoms with Gasteiger partial charge in [0.15, 0.2) is 0 Å². The van der Waals surface area contributed by atoms with E-state index in [-0.39, 0.29) is 18.7 Å². The summed E-state index contributed by atoms with van der Waals surface area (Å²) < 4.78 is 0. The summed E-state index contributed by atoms with van der Waals surface area (Å²) in [6.45, 7) is 3.39. The minimum atomic E-state index is 0.181. The van der Waals surface area contributed by atoms with E-state index in [1.54, 1.807) is 0 Å². The fourth-order valence-electron chi connectivity index (χ4n) is 3.00. The molecule has 1 heterocycles. The highest BCUT2D eigenvalue weighted by Crippen LogP contribution is 2.34. The van der Waals surface area contributed by atoms with Crippen molar-refractivity contribution in [2.24, 2.45) is 11.7 Å². The van der Waals surface area contributed by atoms with Gasteiger partial charge in [0, 0.05) is 18.5 Å².